The van der Waals surface area contributed by atoms with E-state index in [-0.39, 0.29) is 29.2 Å². The van der Waals surface area contributed by atoms with Crippen LogP contribution in [-0.2, 0) is 22.2 Å². The number of carbonyl (C=O) groups excluding carboxylic acids is 1. The van der Waals surface area contributed by atoms with Gasteiger partial charge in [-0.25, -0.2) is 9.18 Å². The van der Waals surface area contributed by atoms with Gasteiger partial charge in [0.05, 0.1) is 12.5 Å². The number of hydrogen-bond acceptors (Lipinski definition) is 2. The van der Waals surface area contributed by atoms with Crippen LogP contribution in [0.15, 0.2) is 24.3 Å². The number of amides is 2. The Morgan fingerprint density at radius 2 is 1.90 bits per heavy atom. The van der Waals surface area contributed by atoms with Gasteiger partial charge in [0.2, 0.25) is 5.91 Å². The minimum absolute atomic E-state index is 0.135. The second kappa shape index (κ2) is 8.51. The van der Waals surface area contributed by atoms with E-state index >= 15 is 0 Å². The first-order chi connectivity index (χ1) is 9.88. The molecule has 1 aromatic rings. The predicted octanol–water partition coefficient (Wildman–Crippen LogP) is 1.35. The Bertz CT molecular complexity index is 480. The summed E-state index contributed by atoms with van der Waals surface area (Å²) in [6.07, 6.45) is 3.31. The molecule has 0 fully saturated rings. The molecule has 1 rings (SSSR count). The fraction of sp³-hybridized carbons (Fsp3) is 0.429. The summed E-state index contributed by atoms with van der Waals surface area (Å²) in [4.78, 5) is 22.8. The van der Waals surface area contributed by atoms with Crippen LogP contribution in [0.2, 0.25) is 0 Å². The van der Waals surface area contributed by atoms with Gasteiger partial charge in [-0.3, -0.25) is 4.79 Å². The Balaban J connectivity index is 2.54. The second-order valence-electron chi connectivity index (χ2n) is 4.82. The number of rotatable bonds is 7. The van der Waals surface area contributed by atoms with Crippen molar-refractivity contribution >= 4 is 22.9 Å². The summed E-state index contributed by atoms with van der Waals surface area (Å²) in [7, 11) is 0.135. The minimum atomic E-state index is -1.22. The molecule has 0 aromatic heterocycles. The van der Waals surface area contributed by atoms with Gasteiger partial charge in [0.15, 0.2) is 0 Å². The Hall–Kier alpha value is -1.76. The molecule has 0 radical (unpaired) electrons. The van der Waals surface area contributed by atoms with Gasteiger partial charge in [-0.2, -0.15) is 0 Å². The van der Waals surface area contributed by atoms with Crippen LogP contribution in [-0.4, -0.2) is 41.4 Å². The van der Waals surface area contributed by atoms with Crippen LogP contribution in [0, 0.1) is 5.82 Å². The summed E-state index contributed by atoms with van der Waals surface area (Å²) in [6, 6.07) is 5.01. The fourth-order valence-corrected chi connectivity index (χ4v) is 2.39. The van der Waals surface area contributed by atoms with E-state index in [1.54, 1.807) is 12.1 Å². The Labute approximate surface area is 126 Å². The number of benzene rings is 1. The predicted molar refractivity (Wildman–Crippen MR) is 81.9 cm³/mol. The maximum atomic E-state index is 12.8. The van der Waals surface area contributed by atoms with E-state index in [1.807, 2.05) is 12.5 Å². The summed E-state index contributed by atoms with van der Waals surface area (Å²) in [5.74, 6) is 0.0650. The summed E-state index contributed by atoms with van der Waals surface area (Å²) in [5, 5.41) is 13.7. The zero-order chi connectivity index (χ0) is 15.8. The molecule has 0 saturated carbocycles. The van der Waals surface area contributed by atoms with E-state index in [2.05, 4.69) is 10.6 Å². The molecule has 0 aliphatic rings. The van der Waals surface area contributed by atoms with Crippen LogP contribution in [0.5, 0.6) is 0 Å². The van der Waals surface area contributed by atoms with E-state index in [0.717, 1.165) is 11.3 Å². The number of carbonyl (C=O) groups is 2. The number of halogens is 1. The lowest BCUT2D eigenvalue weighted by Gasteiger charge is -2.16. The van der Waals surface area contributed by atoms with Crippen LogP contribution < -0.4 is 10.6 Å². The van der Waals surface area contributed by atoms with Crippen molar-refractivity contribution in [1.82, 2.24) is 10.6 Å². The van der Waals surface area contributed by atoms with Gasteiger partial charge in [-0.1, -0.05) is 12.1 Å². The Kier molecular flexibility index (Phi) is 7.01. The molecule has 0 bridgehead atoms. The van der Waals surface area contributed by atoms with E-state index in [0.29, 0.717) is 6.42 Å². The third-order valence-corrected chi connectivity index (χ3v) is 3.86. The molecule has 7 heteroatoms. The fourth-order valence-electron chi connectivity index (χ4n) is 1.69. The van der Waals surface area contributed by atoms with Crippen LogP contribution in [0.25, 0.3) is 0 Å². The van der Waals surface area contributed by atoms with Gasteiger partial charge in [0.1, 0.15) is 17.6 Å². The number of nitrogens with one attached hydrogen (secondary N) is 2. The van der Waals surface area contributed by atoms with E-state index < -0.39 is 12.1 Å². The maximum absolute atomic E-state index is 12.8. The highest BCUT2D eigenvalue weighted by Crippen LogP contribution is 2.03. The SMILES string of the molecule is C[S+](C)CC[C@H](NC(=O)O)C(=O)NCc1ccc(F)cc1. The lowest BCUT2D eigenvalue weighted by Crippen LogP contribution is -2.46. The molecular formula is C14H20FN2O3S+. The van der Waals surface area contributed by atoms with Crippen molar-refractivity contribution in [3.63, 3.8) is 0 Å². The quantitative estimate of drug-likeness (QED) is 0.665. The van der Waals surface area contributed by atoms with Crippen molar-refractivity contribution in [1.29, 1.82) is 0 Å². The first-order valence-corrected chi connectivity index (χ1v) is 8.65. The van der Waals surface area contributed by atoms with E-state index in [4.69, 9.17) is 5.11 Å². The summed E-state index contributed by atoms with van der Waals surface area (Å²) < 4.78 is 12.8. The number of carboxylic acid groups (broad SMARTS) is 1. The molecule has 1 atom stereocenters. The molecule has 0 saturated heterocycles. The molecule has 1 aromatic carbocycles. The lowest BCUT2D eigenvalue weighted by molar-refractivity contribution is -0.123. The van der Waals surface area contributed by atoms with Gasteiger partial charge < -0.3 is 15.7 Å². The molecule has 116 valence electrons. The smallest absolute Gasteiger partial charge is 0.405 e. The second-order valence-corrected chi connectivity index (χ2v) is 7.20. The molecule has 0 unspecified atom stereocenters. The Morgan fingerprint density at radius 1 is 1.29 bits per heavy atom. The Morgan fingerprint density at radius 3 is 2.43 bits per heavy atom. The van der Waals surface area contributed by atoms with Crippen molar-refractivity contribution in [3.05, 3.63) is 35.6 Å². The summed E-state index contributed by atoms with van der Waals surface area (Å²) in [6.45, 7) is 0.237. The summed E-state index contributed by atoms with van der Waals surface area (Å²) >= 11 is 0. The molecule has 0 spiro atoms. The third kappa shape index (κ3) is 6.99. The normalized spacial score (nSPS) is 12.0. The van der Waals surface area contributed by atoms with Crippen molar-refractivity contribution in [2.75, 3.05) is 18.3 Å². The van der Waals surface area contributed by atoms with Crippen LogP contribution >= 0.6 is 0 Å². The first-order valence-electron chi connectivity index (χ1n) is 6.44. The molecule has 5 nitrogen and oxygen atoms in total. The zero-order valence-corrected chi connectivity index (χ0v) is 12.9. The van der Waals surface area contributed by atoms with Crippen molar-refractivity contribution in [2.45, 2.75) is 19.0 Å². The highest BCUT2D eigenvalue weighted by Gasteiger charge is 2.22. The molecule has 3 N–H and O–H groups in total. The average molecular weight is 315 g/mol. The standard InChI is InChI=1S/C14H19FN2O3S/c1-21(2)8-7-12(17-14(19)20)13(18)16-9-10-3-5-11(15)6-4-10/h3-6,12,17H,7-9H2,1-2H3,(H-,16,18,19,20)/p+1/t12-/m0/s1. The first kappa shape index (κ1) is 17.3. The summed E-state index contributed by atoms with van der Waals surface area (Å²) in [5.41, 5.74) is 0.754. The third-order valence-electron chi connectivity index (χ3n) is 2.81. The van der Waals surface area contributed by atoms with Crippen molar-refractivity contribution in [3.8, 4) is 0 Å². The molecule has 2 amide bonds. The average Bonchev–Trinajstić information content (AvgIpc) is 2.42. The monoisotopic (exact) mass is 315 g/mol. The van der Waals surface area contributed by atoms with Crippen LogP contribution in [0.1, 0.15) is 12.0 Å². The van der Waals surface area contributed by atoms with Crippen molar-refractivity contribution in [2.24, 2.45) is 0 Å². The number of hydrogen-bond donors (Lipinski definition) is 3. The van der Waals surface area contributed by atoms with Gasteiger partial charge in [0, 0.05) is 13.0 Å². The topological polar surface area (TPSA) is 78.4 Å². The molecule has 0 aliphatic carbocycles. The van der Waals surface area contributed by atoms with Gasteiger partial charge in [-0.05, 0) is 28.6 Å². The van der Waals surface area contributed by atoms with Crippen molar-refractivity contribution < 1.29 is 19.1 Å². The largest absolute Gasteiger partial charge is 0.465 e. The van der Waals surface area contributed by atoms with E-state index in [9.17, 15) is 14.0 Å². The molecule has 0 heterocycles. The van der Waals surface area contributed by atoms with Gasteiger partial charge >= 0.3 is 6.09 Å². The highest BCUT2D eigenvalue weighted by atomic mass is 32.2. The van der Waals surface area contributed by atoms with E-state index in [1.165, 1.54) is 12.1 Å². The zero-order valence-electron chi connectivity index (χ0n) is 12.1. The lowest BCUT2D eigenvalue weighted by atomic mass is 10.2. The highest BCUT2D eigenvalue weighted by molar-refractivity contribution is 7.95. The van der Waals surface area contributed by atoms with Gasteiger partial charge in [0.25, 0.3) is 0 Å². The molecule has 21 heavy (non-hydrogen) atoms. The molecular weight excluding hydrogens is 295 g/mol. The van der Waals surface area contributed by atoms with Gasteiger partial charge in [-0.15, -0.1) is 0 Å². The van der Waals surface area contributed by atoms with Crippen LogP contribution in [0.3, 0.4) is 0 Å². The minimum Gasteiger partial charge on any atom is -0.465 e. The molecule has 0 aliphatic heterocycles. The maximum Gasteiger partial charge on any atom is 0.405 e. The van der Waals surface area contributed by atoms with Crippen LogP contribution in [0.4, 0.5) is 9.18 Å².